The number of nitrogens with zero attached hydrogens (tertiary/aromatic N) is 3. The van der Waals surface area contributed by atoms with Gasteiger partial charge in [-0.15, -0.1) is 0 Å². The fourth-order valence-corrected chi connectivity index (χ4v) is 6.28. The van der Waals surface area contributed by atoms with E-state index in [9.17, 15) is 32.7 Å². The van der Waals surface area contributed by atoms with Crippen molar-refractivity contribution in [3.63, 3.8) is 0 Å². The SMILES string of the molecule is Cn1c2c(cc(-c3ccc(C[C@H](NC(=O)c4c(F)cc(N5CCOC[C@@H]5C(F)(F)F)cc4F)C(=O)O)c4cccnc34)c1=O)C=CCC2. The van der Waals surface area contributed by atoms with Crippen LogP contribution in [-0.2, 0) is 29.4 Å². The van der Waals surface area contributed by atoms with Gasteiger partial charge >= 0.3 is 12.1 Å². The first-order chi connectivity index (χ1) is 22.8. The van der Waals surface area contributed by atoms with Gasteiger partial charge in [0, 0.05) is 54.1 Å². The maximum atomic E-state index is 15.2. The number of nitrogens with one attached hydrogen (secondary N) is 1. The van der Waals surface area contributed by atoms with Crippen molar-refractivity contribution in [2.75, 3.05) is 24.7 Å². The second-order valence-corrected chi connectivity index (χ2v) is 11.6. The monoisotopic (exact) mass is 668 g/mol. The van der Waals surface area contributed by atoms with Gasteiger partial charge in [-0.25, -0.2) is 13.6 Å². The van der Waals surface area contributed by atoms with E-state index < -0.39 is 59.6 Å². The highest BCUT2D eigenvalue weighted by atomic mass is 19.4. The molecule has 14 heteroatoms. The van der Waals surface area contributed by atoms with Crippen LogP contribution in [0.4, 0.5) is 27.6 Å². The van der Waals surface area contributed by atoms with E-state index in [-0.39, 0.29) is 25.1 Å². The van der Waals surface area contributed by atoms with Gasteiger partial charge in [0.05, 0.1) is 18.7 Å². The number of amides is 1. The molecular formula is C34H29F5N4O5. The summed E-state index contributed by atoms with van der Waals surface area (Å²) < 4.78 is 77.4. The van der Waals surface area contributed by atoms with Gasteiger partial charge in [-0.1, -0.05) is 30.4 Å². The number of carbonyl (C=O) groups excluding carboxylic acids is 1. The minimum absolute atomic E-state index is 0.106. The molecule has 3 heterocycles. The number of hydrogen-bond donors (Lipinski definition) is 2. The number of ether oxygens (including phenoxy) is 1. The van der Waals surface area contributed by atoms with Crippen molar-refractivity contribution in [3.05, 3.63) is 99.1 Å². The second-order valence-electron chi connectivity index (χ2n) is 11.6. The van der Waals surface area contributed by atoms with E-state index in [2.05, 4.69) is 10.3 Å². The van der Waals surface area contributed by atoms with Crippen LogP contribution in [0.3, 0.4) is 0 Å². The highest BCUT2D eigenvalue weighted by Crippen LogP contribution is 2.34. The molecule has 48 heavy (non-hydrogen) atoms. The van der Waals surface area contributed by atoms with Crippen molar-refractivity contribution in [2.24, 2.45) is 7.05 Å². The summed E-state index contributed by atoms with van der Waals surface area (Å²) in [6, 6.07) is 5.75. The predicted octanol–water partition coefficient (Wildman–Crippen LogP) is 5.03. The maximum absolute atomic E-state index is 15.2. The number of morpholine rings is 1. The Morgan fingerprint density at radius 3 is 2.58 bits per heavy atom. The summed E-state index contributed by atoms with van der Waals surface area (Å²) in [4.78, 5) is 44.0. The van der Waals surface area contributed by atoms with Crippen molar-refractivity contribution < 1.29 is 41.4 Å². The number of carbonyl (C=O) groups is 2. The number of anilines is 1. The van der Waals surface area contributed by atoms with Crippen molar-refractivity contribution in [3.8, 4) is 11.1 Å². The molecule has 2 N–H and O–H groups in total. The highest BCUT2D eigenvalue weighted by Gasteiger charge is 2.46. The van der Waals surface area contributed by atoms with E-state index in [1.165, 1.54) is 6.20 Å². The van der Waals surface area contributed by atoms with Gasteiger partial charge in [0.15, 0.2) is 0 Å². The molecule has 9 nitrogen and oxygen atoms in total. The van der Waals surface area contributed by atoms with Crippen LogP contribution in [0.15, 0.2) is 59.5 Å². The molecule has 1 aliphatic carbocycles. The third kappa shape index (κ3) is 6.15. The van der Waals surface area contributed by atoms with Crippen LogP contribution in [0.25, 0.3) is 28.1 Å². The third-order valence-corrected chi connectivity index (χ3v) is 8.69. The lowest BCUT2D eigenvalue weighted by Gasteiger charge is -2.38. The quantitative estimate of drug-likeness (QED) is 0.266. The Labute approximate surface area is 270 Å². The third-order valence-electron chi connectivity index (χ3n) is 8.69. The van der Waals surface area contributed by atoms with Crippen molar-refractivity contribution in [1.82, 2.24) is 14.9 Å². The zero-order valence-electron chi connectivity index (χ0n) is 25.5. The molecule has 4 aromatic rings. The summed E-state index contributed by atoms with van der Waals surface area (Å²) in [7, 11) is 1.70. The van der Waals surface area contributed by atoms with Gasteiger partial charge in [-0.05, 0) is 48.2 Å². The molecule has 1 amide bonds. The molecule has 1 saturated heterocycles. The number of aromatic nitrogens is 2. The standard InChI is InChI=1S/C34H29F5N4O5/c1-42-27-7-3-2-5-19(27)13-23(32(42)45)22-9-8-18(21-6-4-10-40-30(21)22)14-26(33(46)47)41-31(44)29-24(35)15-20(16-25(29)36)43-11-12-48-17-28(43)34(37,38)39/h2,4-6,8-10,13,15-16,26,28H,3,7,11-12,14,17H2,1H3,(H,41,44)(H,46,47)/t26-,28+/m0/s1. The molecule has 2 aliphatic rings. The average Bonchev–Trinajstić information content (AvgIpc) is 3.05. The number of aliphatic carboxylic acids is 1. The summed E-state index contributed by atoms with van der Waals surface area (Å²) in [5.41, 5.74) is 1.76. The van der Waals surface area contributed by atoms with Gasteiger partial charge in [-0.3, -0.25) is 14.6 Å². The molecule has 1 fully saturated rings. The minimum Gasteiger partial charge on any atom is -0.480 e. The second kappa shape index (κ2) is 12.8. The summed E-state index contributed by atoms with van der Waals surface area (Å²) in [6.45, 7) is -1.14. The molecule has 2 aromatic heterocycles. The Hall–Kier alpha value is -5.11. The van der Waals surface area contributed by atoms with Crippen LogP contribution in [0.2, 0.25) is 0 Å². The molecule has 250 valence electrons. The Morgan fingerprint density at radius 1 is 1.12 bits per heavy atom. The number of hydrogen-bond acceptors (Lipinski definition) is 6. The van der Waals surface area contributed by atoms with E-state index in [4.69, 9.17) is 4.74 Å². The summed E-state index contributed by atoms with van der Waals surface area (Å²) in [5.74, 6) is -5.82. The first-order valence-electron chi connectivity index (χ1n) is 15.1. The zero-order chi connectivity index (χ0) is 34.3. The van der Waals surface area contributed by atoms with Gasteiger partial charge < -0.3 is 24.6 Å². The molecule has 2 atom stereocenters. The Bertz CT molecular complexity index is 2000. The fourth-order valence-electron chi connectivity index (χ4n) is 6.28. The van der Waals surface area contributed by atoms with Crippen molar-refractivity contribution in [2.45, 2.75) is 37.5 Å². The lowest BCUT2D eigenvalue weighted by molar-refractivity contribution is -0.167. The van der Waals surface area contributed by atoms with E-state index in [0.717, 1.165) is 29.0 Å². The molecule has 1 aliphatic heterocycles. The van der Waals surface area contributed by atoms with Crippen molar-refractivity contribution in [1.29, 1.82) is 0 Å². The number of rotatable bonds is 7. The fraction of sp³-hybridized carbons (Fsp3) is 0.294. The number of fused-ring (bicyclic) bond motifs is 2. The van der Waals surface area contributed by atoms with E-state index in [0.29, 0.717) is 39.7 Å². The van der Waals surface area contributed by atoms with Gasteiger partial charge in [0.2, 0.25) is 0 Å². The zero-order valence-corrected chi connectivity index (χ0v) is 25.5. The molecule has 0 spiro atoms. The first-order valence-corrected chi connectivity index (χ1v) is 15.1. The number of allylic oxidation sites excluding steroid dienone is 1. The summed E-state index contributed by atoms with van der Waals surface area (Å²) >= 11 is 0. The average molecular weight is 669 g/mol. The normalized spacial score (nSPS) is 16.9. The molecular weight excluding hydrogens is 639 g/mol. The van der Waals surface area contributed by atoms with E-state index in [1.807, 2.05) is 12.2 Å². The van der Waals surface area contributed by atoms with Crippen LogP contribution in [0.1, 0.15) is 33.6 Å². The molecule has 0 radical (unpaired) electrons. The predicted molar refractivity (Wildman–Crippen MR) is 167 cm³/mol. The number of alkyl halides is 3. The van der Waals surface area contributed by atoms with E-state index in [1.54, 1.807) is 41.9 Å². The highest BCUT2D eigenvalue weighted by molar-refractivity contribution is 5.99. The number of benzene rings is 2. The topological polar surface area (TPSA) is 114 Å². The number of pyridine rings is 2. The van der Waals surface area contributed by atoms with Crippen LogP contribution in [0.5, 0.6) is 0 Å². The largest absolute Gasteiger partial charge is 0.480 e. The van der Waals surface area contributed by atoms with Crippen LogP contribution < -0.4 is 15.8 Å². The molecule has 6 rings (SSSR count). The first kappa shape index (κ1) is 32.8. The minimum atomic E-state index is -4.75. The molecule has 0 bridgehead atoms. The van der Waals surface area contributed by atoms with Crippen LogP contribution in [-0.4, -0.2) is 64.6 Å². The van der Waals surface area contributed by atoms with Gasteiger partial charge in [0.1, 0.15) is 29.3 Å². The maximum Gasteiger partial charge on any atom is 0.411 e. The van der Waals surface area contributed by atoms with Gasteiger partial charge in [-0.2, -0.15) is 13.2 Å². The smallest absolute Gasteiger partial charge is 0.411 e. The Morgan fingerprint density at radius 2 is 1.88 bits per heavy atom. The number of carboxylic acids is 1. The molecule has 0 saturated carbocycles. The molecule has 0 unspecified atom stereocenters. The Kier molecular flexibility index (Phi) is 8.77. The number of halogens is 5. The summed E-state index contributed by atoms with van der Waals surface area (Å²) in [5, 5.41) is 12.6. The van der Waals surface area contributed by atoms with Crippen LogP contribution >= 0.6 is 0 Å². The lowest BCUT2D eigenvalue weighted by Crippen LogP contribution is -2.53. The van der Waals surface area contributed by atoms with Gasteiger partial charge in [0.25, 0.3) is 11.5 Å². The summed E-state index contributed by atoms with van der Waals surface area (Å²) in [6.07, 6.45) is 1.98. The Balaban J connectivity index is 1.29. The number of carboxylic acid groups (broad SMARTS) is 1. The van der Waals surface area contributed by atoms with E-state index >= 15 is 8.78 Å². The van der Waals surface area contributed by atoms with Crippen molar-refractivity contribution >= 4 is 34.5 Å². The lowest BCUT2D eigenvalue weighted by atomic mass is 9.93. The molecule has 2 aromatic carbocycles. The van der Waals surface area contributed by atoms with Crippen LogP contribution in [0, 0.1) is 11.6 Å².